The van der Waals surface area contributed by atoms with Gasteiger partial charge in [0, 0.05) is 25.3 Å². The Balaban J connectivity index is 1.90. The van der Waals surface area contributed by atoms with E-state index in [4.69, 9.17) is 4.74 Å². The molecule has 0 spiro atoms. The van der Waals surface area contributed by atoms with Crippen molar-refractivity contribution < 1.29 is 14.3 Å². The van der Waals surface area contributed by atoms with Crippen LogP contribution in [0, 0.1) is 5.92 Å². The SMILES string of the molecule is CC(C)COc1ccccc1NCC(=O)Nc1ccc(C(=O)N(C)C)cc1. The Morgan fingerprint density at radius 2 is 1.70 bits per heavy atom. The smallest absolute Gasteiger partial charge is 0.253 e. The highest BCUT2D eigenvalue weighted by Crippen LogP contribution is 2.24. The Labute approximate surface area is 160 Å². The summed E-state index contributed by atoms with van der Waals surface area (Å²) in [6.07, 6.45) is 0. The number of amides is 2. The third kappa shape index (κ3) is 6.33. The van der Waals surface area contributed by atoms with Gasteiger partial charge in [0.05, 0.1) is 18.8 Å². The summed E-state index contributed by atoms with van der Waals surface area (Å²) in [5.41, 5.74) is 1.99. The molecule has 2 aromatic carbocycles. The molecule has 0 unspecified atom stereocenters. The average molecular weight is 369 g/mol. The van der Waals surface area contributed by atoms with Crippen LogP contribution in [0.25, 0.3) is 0 Å². The predicted octanol–water partition coefficient (Wildman–Crippen LogP) is 3.47. The van der Waals surface area contributed by atoms with E-state index in [-0.39, 0.29) is 18.4 Å². The van der Waals surface area contributed by atoms with Gasteiger partial charge in [0.1, 0.15) is 5.75 Å². The summed E-state index contributed by atoms with van der Waals surface area (Å²) in [5, 5.41) is 5.91. The maximum Gasteiger partial charge on any atom is 0.253 e. The first-order valence-electron chi connectivity index (χ1n) is 8.94. The molecule has 0 bridgehead atoms. The van der Waals surface area contributed by atoms with Gasteiger partial charge in [-0.1, -0.05) is 26.0 Å². The van der Waals surface area contributed by atoms with Crippen LogP contribution in [0.1, 0.15) is 24.2 Å². The lowest BCUT2D eigenvalue weighted by molar-refractivity contribution is -0.114. The molecule has 27 heavy (non-hydrogen) atoms. The van der Waals surface area contributed by atoms with Gasteiger partial charge in [-0.15, -0.1) is 0 Å². The zero-order valence-corrected chi connectivity index (χ0v) is 16.3. The Bertz CT molecular complexity index is 770. The molecule has 2 aromatic rings. The van der Waals surface area contributed by atoms with Crippen LogP contribution in [0.2, 0.25) is 0 Å². The molecule has 2 amide bonds. The monoisotopic (exact) mass is 369 g/mol. The molecule has 0 fully saturated rings. The lowest BCUT2D eigenvalue weighted by atomic mass is 10.2. The quantitative estimate of drug-likeness (QED) is 0.747. The molecular weight excluding hydrogens is 342 g/mol. The number of anilines is 2. The second-order valence-corrected chi connectivity index (χ2v) is 6.88. The zero-order chi connectivity index (χ0) is 19.8. The average Bonchev–Trinajstić information content (AvgIpc) is 2.65. The van der Waals surface area contributed by atoms with Crippen molar-refractivity contribution in [1.29, 1.82) is 0 Å². The van der Waals surface area contributed by atoms with Gasteiger partial charge in [-0.25, -0.2) is 0 Å². The van der Waals surface area contributed by atoms with Crippen molar-refractivity contribution in [3.8, 4) is 5.75 Å². The summed E-state index contributed by atoms with van der Waals surface area (Å²) in [6, 6.07) is 14.4. The molecule has 6 nitrogen and oxygen atoms in total. The van der Waals surface area contributed by atoms with E-state index in [0.29, 0.717) is 23.8 Å². The van der Waals surface area contributed by atoms with Gasteiger partial charge in [0.25, 0.3) is 5.91 Å². The van der Waals surface area contributed by atoms with Crippen molar-refractivity contribution in [3.05, 3.63) is 54.1 Å². The molecule has 0 atom stereocenters. The van der Waals surface area contributed by atoms with Crippen LogP contribution in [0.4, 0.5) is 11.4 Å². The fraction of sp³-hybridized carbons (Fsp3) is 0.333. The number of carbonyl (C=O) groups is 2. The summed E-state index contributed by atoms with van der Waals surface area (Å²) in [6.45, 7) is 4.89. The highest BCUT2D eigenvalue weighted by atomic mass is 16.5. The number of nitrogens with zero attached hydrogens (tertiary/aromatic N) is 1. The minimum atomic E-state index is -0.180. The fourth-order valence-electron chi connectivity index (χ4n) is 2.33. The Kier molecular flexibility index (Phi) is 7.23. The molecule has 0 aromatic heterocycles. The van der Waals surface area contributed by atoms with Crippen LogP contribution in [0.5, 0.6) is 5.75 Å². The Morgan fingerprint density at radius 3 is 2.33 bits per heavy atom. The van der Waals surface area contributed by atoms with Gasteiger partial charge < -0.3 is 20.3 Å². The van der Waals surface area contributed by atoms with Crippen LogP contribution in [0.15, 0.2) is 48.5 Å². The van der Waals surface area contributed by atoms with E-state index in [1.807, 2.05) is 24.3 Å². The van der Waals surface area contributed by atoms with Gasteiger partial charge in [-0.2, -0.15) is 0 Å². The van der Waals surface area contributed by atoms with Crippen molar-refractivity contribution in [2.45, 2.75) is 13.8 Å². The van der Waals surface area contributed by atoms with Gasteiger partial charge in [0.2, 0.25) is 5.91 Å². The number of benzene rings is 2. The molecule has 2 rings (SSSR count). The number of hydrogen-bond donors (Lipinski definition) is 2. The van der Waals surface area contributed by atoms with Crippen LogP contribution in [-0.4, -0.2) is 44.0 Å². The minimum Gasteiger partial charge on any atom is -0.491 e. The number of nitrogens with one attached hydrogen (secondary N) is 2. The van der Waals surface area contributed by atoms with Crippen LogP contribution in [-0.2, 0) is 4.79 Å². The lowest BCUT2D eigenvalue weighted by Gasteiger charge is -2.14. The first kappa shape index (κ1) is 20.3. The van der Waals surface area contributed by atoms with Gasteiger partial charge >= 0.3 is 0 Å². The van der Waals surface area contributed by atoms with Gasteiger partial charge in [-0.3, -0.25) is 9.59 Å². The van der Waals surface area contributed by atoms with Crippen molar-refractivity contribution in [1.82, 2.24) is 4.90 Å². The highest BCUT2D eigenvalue weighted by Gasteiger charge is 2.09. The van der Waals surface area contributed by atoms with E-state index < -0.39 is 0 Å². The van der Waals surface area contributed by atoms with E-state index in [1.54, 1.807) is 38.4 Å². The molecule has 0 heterocycles. The summed E-state index contributed by atoms with van der Waals surface area (Å²) in [4.78, 5) is 25.6. The summed E-state index contributed by atoms with van der Waals surface area (Å²) < 4.78 is 5.77. The Hall–Kier alpha value is -3.02. The normalized spacial score (nSPS) is 10.4. The van der Waals surface area contributed by atoms with E-state index in [1.165, 1.54) is 4.90 Å². The molecule has 0 saturated heterocycles. The van der Waals surface area contributed by atoms with Crippen molar-refractivity contribution in [2.24, 2.45) is 5.92 Å². The van der Waals surface area contributed by atoms with E-state index in [2.05, 4.69) is 24.5 Å². The van der Waals surface area contributed by atoms with Crippen molar-refractivity contribution >= 4 is 23.2 Å². The number of para-hydroxylation sites is 2. The van der Waals surface area contributed by atoms with Crippen molar-refractivity contribution in [2.75, 3.05) is 37.9 Å². The van der Waals surface area contributed by atoms with Gasteiger partial charge in [-0.05, 0) is 42.3 Å². The number of hydrogen-bond acceptors (Lipinski definition) is 4. The molecular formula is C21H27N3O3. The largest absolute Gasteiger partial charge is 0.491 e. The van der Waals surface area contributed by atoms with Crippen LogP contribution < -0.4 is 15.4 Å². The van der Waals surface area contributed by atoms with E-state index in [9.17, 15) is 9.59 Å². The Morgan fingerprint density at radius 1 is 1.04 bits per heavy atom. The standard InChI is InChI=1S/C21H27N3O3/c1-15(2)14-27-19-8-6-5-7-18(19)22-13-20(25)23-17-11-9-16(10-12-17)21(26)24(3)4/h5-12,15,22H,13-14H2,1-4H3,(H,23,25). The summed E-state index contributed by atoms with van der Waals surface area (Å²) in [5.74, 6) is 0.891. The van der Waals surface area contributed by atoms with Crippen molar-refractivity contribution in [3.63, 3.8) is 0 Å². The number of rotatable bonds is 8. The molecule has 6 heteroatoms. The predicted molar refractivity (Wildman–Crippen MR) is 108 cm³/mol. The third-order valence-corrected chi connectivity index (χ3v) is 3.72. The molecule has 0 aliphatic carbocycles. The topological polar surface area (TPSA) is 70.7 Å². The second kappa shape index (κ2) is 9.62. The summed E-state index contributed by atoms with van der Waals surface area (Å²) >= 11 is 0. The van der Waals surface area contributed by atoms with E-state index >= 15 is 0 Å². The van der Waals surface area contributed by atoms with E-state index in [0.717, 1.165) is 11.4 Å². The second-order valence-electron chi connectivity index (χ2n) is 6.88. The van der Waals surface area contributed by atoms with Crippen LogP contribution in [0.3, 0.4) is 0 Å². The molecule has 144 valence electrons. The third-order valence-electron chi connectivity index (χ3n) is 3.72. The molecule has 2 N–H and O–H groups in total. The zero-order valence-electron chi connectivity index (χ0n) is 16.3. The number of ether oxygens (including phenoxy) is 1. The highest BCUT2D eigenvalue weighted by molar-refractivity contribution is 5.96. The first-order valence-corrected chi connectivity index (χ1v) is 8.94. The maximum atomic E-state index is 12.2. The number of carbonyl (C=O) groups excluding carboxylic acids is 2. The summed E-state index contributed by atoms with van der Waals surface area (Å²) in [7, 11) is 3.40. The molecule has 0 aliphatic rings. The fourth-order valence-corrected chi connectivity index (χ4v) is 2.33. The molecule has 0 saturated carbocycles. The minimum absolute atomic E-state index is 0.0763. The van der Waals surface area contributed by atoms with Crippen LogP contribution >= 0.6 is 0 Å². The first-order chi connectivity index (χ1) is 12.9. The maximum absolute atomic E-state index is 12.2. The van der Waals surface area contributed by atoms with Gasteiger partial charge in [0.15, 0.2) is 0 Å². The molecule has 0 radical (unpaired) electrons. The molecule has 0 aliphatic heterocycles. The lowest BCUT2D eigenvalue weighted by Crippen LogP contribution is -2.23.